The number of hydrogen-bond donors (Lipinski definition) is 1. The van der Waals surface area contributed by atoms with E-state index in [1.165, 1.54) is 30.3 Å². The van der Waals surface area contributed by atoms with E-state index in [0.29, 0.717) is 11.3 Å². The Kier molecular flexibility index (Phi) is 8.75. The molecule has 0 unspecified atom stereocenters. The molecule has 0 heterocycles. The normalized spacial score (nSPS) is 11.5. The smallest absolute Gasteiger partial charge is 0.339 e. The molecule has 3 rings (SSSR count). The largest absolute Gasteiger partial charge is 0.490 e. The Morgan fingerprint density at radius 2 is 1.75 bits per heavy atom. The Morgan fingerprint density at radius 1 is 1.08 bits per heavy atom. The number of nitriles is 1. The van der Waals surface area contributed by atoms with Gasteiger partial charge in [-0.05, 0) is 73.9 Å². The number of rotatable bonds is 9. The van der Waals surface area contributed by atoms with Crippen LogP contribution in [0.25, 0.3) is 6.08 Å². The fraction of sp³-hybridized carbons (Fsp3) is 0.185. The third-order valence-electron chi connectivity index (χ3n) is 5.13. The number of nitrogens with one attached hydrogen (secondary N) is 1. The Hall–Kier alpha value is -3.80. The minimum atomic E-state index is -4.18. The quantitative estimate of drug-likeness (QED) is 0.211. The molecule has 0 aromatic heterocycles. The van der Waals surface area contributed by atoms with Crippen LogP contribution in [-0.2, 0) is 21.3 Å². The summed E-state index contributed by atoms with van der Waals surface area (Å²) in [6, 6.07) is 18.2. The van der Waals surface area contributed by atoms with Crippen molar-refractivity contribution >= 4 is 39.4 Å². The molecule has 0 atom stereocenters. The summed E-state index contributed by atoms with van der Waals surface area (Å²) >= 11 is 6.37. The van der Waals surface area contributed by atoms with Gasteiger partial charge < -0.3 is 14.2 Å². The highest BCUT2D eigenvalue weighted by molar-refractivity contribution is 7.87. The fourth-order valence-electron chi connectivity index (χ4n) is 3.22. The van der Waals surface area contributed by atoms with Gasteiger partial charge in [0.15, 0.2) is 5.75 Å². The van der Waals surface area contributed by atoms with Crippen molar-refractivity contribution in [3.63, 3.8) is 0 Å². The molecule has 36 heavy (non-hydrogen) atoms. The lowest BCUT2D eigenvalue weighted by molar-refractivity contribution is -0.112. The highest BCUT2D eigenvalue weighted by Crippen LogP contribution is 2.39. The molecular formula is C27H25ClN2O5S. The zero-order valence-electron chi connectivity index (χ0n) is 20.0. The van der Waals surface area contributed by atoms with Crippen LogP contribution in [0.3, 0.4) is 0 Å². The lowest BCUT2D eigenvalue weighted by atomic mass is 10.1. The van der Waals surface area contributed by atoms with Gasteiger partial charge >= 0.3 is 10.1 Å². The minimum absolute atomic E-state index is 0.0361. The van der Waals surface area contributed by atoms with Gasteiger partial charge in [-0.3, -0.25) is 4.79 Å². The Morgan fingerprint density at radius 3 is 2.33 bits per heavy atom. The standard InChI is InChI=1S/C27H25ClN2O5S/c1-4-19-8-10-22(11-9-19)30-27(31)21(17-29)14-20-15-24(28)26(25(16-20)34-5-2)35-36(32,33)23-12-6-18(3)7-13-23/h6-16H,4-5H2,1-3H3,(H,30,31)/b21-14+. The van der Waals surface area contributed by atoms with Crippen LogP contribution in [0.4, 0.5) is 5.69 Å². The molecule has 186 valence electrons. The van der Waals surface area contributed by atoms with Crippen LogP contribution in [0.1, 0.15) is 30.5 Å². The van der Waals surface area contributed by atoms with Crippen molar-refractivity contribution in [1.29, 1.82) is 5.26 Å². The second kappa shape index (κ2) is 11.8. The number of amides is 1. The summed E-state index contributed by atoms with van der Waals surface area (Å²) < 4.78 is 36.5. The molecule has 3 aromatic carbocycles. The van der Waals surface area contributed by atoms with Crippen LogP contribution in [0.2, 0.25) is 5.02 Å². The highest BCUT2D eigenvalue weighted by Gasteiger charge is 2.22. The predicted molar refractivity (Wildman–Crippen MR) is 140 cm³/mol. The van der Waals surface area contributed by atoms with Crippen molar-refractivity contribution in [2.75, 3.05) is 11.9 Å². The van der Waals surface area contributed by atoms with E-state index in [1.807, 2.05) is 32.0 Å². The van der Waals surface area contributed by atoms with Crippen molar-refractivity contribution in [2.24, 2.45) is 0 Å². The van der Waals surface area contributed by atoms with E-state index < -0.39 is 16.0 Å². The van der Waals surface area contributed by atoms with E-state index in [9.17, 15) is 18.5 Å². The maximum absolute atomic E-state index is 12.8. The molecule has 0 radical (unpaired) electrons. The molecule has 0 bridgehead atoms. The third kappa shape index (κ3) is 6.66. The van der Waals surface area contributed by atoms with Crippen molar-refractivity contribution in [2.45, 2.75) is 32.1 Å². The summed E-state index contributed by atoms with van der Waals surface area (Å²) in [7, 11) is -4.18. The first-order chi connectivity index (χ1) is 17.2. The van der Waals surface area contributed by atoms with Gasteiger partial charge in [-0.25, -0.2) is 0 Å². The van der Waals surface area contributed by atoms with E-state index in [1.54, 1.807) is 31.2 Å². The van der Waals surface area contributed by atoms with Gasteiger partial charge in [0.1, 0.15) is 16.5 Å². The van der Waals surface area contributed by atoms with Gasteiger partial charge in [0.2, 0.25) is 5.75 Å². The van der Waals surface area contributed by atoms with Crippen molar-refractivity contribution in [1.82, 2.24) is 0 Å². The van der Waals surface area contributed by atoms with Gasteiger partial charge in [0.05, 0.1) is 11.6 Å². The number of ether oxygens (including phenoxy) is 1. The number of carbonyl (C=O) groups is 1. The number of nitrogens with zero attached hydrogens (tertiary/aromatic N) is 1. The number of carbonyl (C=O) groups excluding carboxylic acids is 1. The molecule has 0 aliphatic carbocycles. The van der Waals surface area contributed by atoms with Crippen molar-refractivity contribution in [3.05, 3.63) is 87.9 Å². The average molecular weight is 525 g/mol. The first kappa shape index (κ1) is 26.8. The predicted octanol–water partition coefficient (Wildman–Crippen LogP) is 5.92. The molecule has 7 nitrogen and oxygen atoms in total. The summed E-state index contributed by atoms with van der Waals surface area (Å²) in [4.78, 5) is 12.6. The molecule has 3 aromatic rings. The summed E-state index contributed by atoms with van der Waals surface area (Å²) in [5.41, 5.74) is 2.75. The molecule has 0 saturated heterocycles. The number of benzene rings is 3. The second-order valence-electron chi connectivity index (χ2n) is 7.79. The van der Waals surface area contributed by atoms with Crippen molar-refractivity contribution in [3.8, 4) is 17.6 Å². The Bertz CT molecular complexity index is 1420. The molecule has 0 saturated carbocycles. The molecule has 1 N–H and O–H groups in total. The summed E-state index contributed by atoms with van der Waals surface area (Å²) in [6.45, 7) is 5.78. The molecule has 0 spiro atoms. The van der Waals surface area contributed by atoms with Gasteiger partial charge in [-0.2, -0.15) is 13.7 Å². The summed E-state index contributed by atoms with van der Waals surface area (Å²) in [6.07, 6.45) is 2.20. The fourth-order valence-corrected chi connectivity index (χ4v) is 4.48. The molecular weight excluding hydrogens is 500 g/mol. The number of aryl methyl sites for hydroxylation is 2. The van der Waals surface area contributed by atoms with Gasteiger partial charge in [0.25, 0.3) is 5.91 Å². The van der Waals surface area contributed by atoms with Crippen LogP contribution in [0.5, 0.6) is 11.5 Å². The Labute approximate surface area is 216 Å². The van der Waals surface area contributed by atoms with Crippen LogP contribution in [0, 0.1) is 18.3 Å². The minimum Gasteiger partial charge on any atom is -0.490 e. The average Bonchev–Trinajstić information content (AvgIpc) is 2.85. The first-order valence-corrected chi connectivity index (χ1v) is 12.9. The van der Waals surface area contributed by atoms with E-state index in [0.717, 1.165) is 17.5 Å². The van der Waals surface area contributed by atoms with E-state index in [2.05, 4.69) is 5.32 Å². The topological polar surface area (TPSA) is 105 Å². The number of halogens is 1. The van der Waals surface area contributed by atoms with Gasteiger partial charge in [-0.15, -0.1) is 0 Å². The number of anilines is 1. The zero-order valence-corrected chi connectivity index (χ0v) is 21.6. The van der Waals surface area contributed by atoms with E-state index >= 15 is 0 Å². The molecule has 0 fully saturated rings. The molecule has 0 aliphatic rings. The van der Waals surface area contributed by atoms with Crippen LogP contribution >= 0.6 is 11.6 Å². The van der Waals surface area contributed by atoms with Gasteiger partial charge in [0, 0.05) is 5.69 Å². The zero-order chi connectivity index (χ0) is 26.3. The Balaban J connectivity index is 1.91. The highest BCUT2D eigenvalue weighted by atomic mass is 35.5. The lowest BCUT2D eigenvalue weighted by Gasteiger charge is -2.14. The lowest BCUT2D eigenvalue weighted by Crippen LogP contribution is -2.13. The molecule has 9 heteroatoms. The third-order valence-corrected chi connectivity index (χ3v) is 6.65. The molecule has 1 amide bonds. The SMILES string of the molecule is CCOc1cc(/C=C(\C#N)C(=O)Nc2ccc(CC)cc2)cc(Cl)c1OS(=O)(=O)c1ccc(C)cc1. The second-order valence-corrected chi connectivity index (χ2v) is 9.74. The van der Waals surface area contributed by atoms with Crippen molar-refractivity contribution < 1.29 is 22.1 Å². The maximum atomic E-state index is 12.8. The number of hydrogen-bond acceptors (Lipinski definition) is 6. The van der Waals surface area contributed by atoms with E-state index in [-0.39, 0.29) is 33.6 Å². The maximum Gasteiger partial charge on any atom is 0.339 e. The first-order valence-electron chi connectivity index (χ1n) is 11.2. The monoisotopic (exact) mass is 524 g/mol. The van der Waals surface area contributed by atoms with Crippen LogP contribution < -0.4 is 14.2 Å². The molecule has 0 aliphatic heterocycles. The van der Waals surface area contributed by atoms with Gasteiger partial charge in [-0.1, -0.05) is 48.4 Å². The summed E-state index contributed by atoms with van der Waals surface area (Å²) in [5.74, 6) is -0.729. The van der Waals surface area contributed by atoms with E-state index in [4.69, 9.17) is 20.5 Å². The van der Waals surface area contributed by atoms with Crippen LogP contribution in [0.15, 0.2) is 71.1 Å². The van der Waals surface area contributed by atoms with Crippen LogP contribution in [-0.4, -0.2) is 20.9 Å². The summed E-state index contributed by atoms with van der Waals surface area (Å²) in [5, 5.41) is 12.2.